The largest absolute Gasteiger partial charge is 0.438 e. The van der Waals surface area contributed by atoms with Crippen molar-refractivity contribution in [3.63, 3.8) is 0 Å². The lowest BCUT2D eigenvalue weighted by molar-refractivity contribution is 0.196. The van der Waals surface area contributed by atoms with Crippen LogP contribution in [0.25, 0.3) is 5.76 Å². The van der Waals surface area contributed by atoms with Crippen LogP contribution in [0.5, 0.6) is 0 Å². The Kier molecular flexibility index (Phi) is 5.15. The summed E-state index contributed by atoms with van der Waals surface area (Å²) in [5.74, 6) is -1.18. The molecule has 0 N–H and O–H groups in total. The molecule has 0 aliphatic carbocycles. The van der Waals surface area contributed by atoms with Gasteiger partial charge in [-0.2, -0.15) is 8.78 Å². The van der Waals surface area contributed by atoms with Crippen molar-refractivity contribution in [1.82, 2.24) is 0 Å². The Bertz CT molecular complexity index is 486. The third-order valence-electron chi connectivity index (χ3n) is 2.73. The van der Waals surface area contributed by atoms with Crippen LogP contribution in [0.4, 0.5) is 13.2 Å². The third-order valence-corrected chi connectivity index (χ3v) is 2.73. The number of ether oxygens (including phenoxy) is 1. The Balaban J connectivity index is 3.02. The molecule has 0 bridgehead atoms. The van der Waals surface area contributed by atoms with Gasteiger partial charge in [-0.15, -0.1) is 0 Å². The van der Waals surface area contributed by atoms with E-state index in [0.29, 0.717) is 17.5 Å². The van der Waals surface area contributed by atoms with Gasteiger partial charge in [0.2, 0.25) is 0 Å². The van der Waals surface area contributed by atoms with Gasteiger partial charge in [-0.3, -0.25) is 4.99 Å². The van der Waals surface area contributed by atoms with Crippen LogP contribution < -0.4 is 0 Å². The maximum Gasteiger partial charge on any atom is 0.312 e. The molecule has 19 heavy (non-hydrogen) atoms. The Morgan fingerprint density at radius 1 is 1.42 bits per heavy atom. The summed E-state index contributed by atoms with van der Waals surface area (Å²) in [6.07, 6.45) is -2.27. The molecule has 0 unspecified atom stereocenters. The predicted molar refractivity (Wildman–Crippen MR) is 70.0 cm³/mol. The second-order valence-corrected chi connectivity index (χ2v) is 3.99. The minimum Gasteiger partial charge on any atom is -0.438 e. The summed E-state index contributed by atoms with van der Waals surface area (Å²) < 4.78 is 43.6. The first-order valence-electron chi connectivity index (χ1n) is 5.81. The van der Waals surface area contributed by atoms with E-state index in [4.69, 9.17) is 4.74 Å². The number of alkyl halides is 2. The molecule has 0 saturated carbocycles. The fourth-order valence-electron chi connectivity index (χ4n) is 1.76. The molecule has 0 aromatic heterocycles. The highest BCUT2D eigenvalue weighted by molar-refractivity contribution is 5.84. The molecular weight excluding hydrogens is 255 g/mol. The van der Waals surface area contributed by atoms with Gasteiger partial charge in [0.1, 0.15) is 11.6 Å². The minimum absolute atomic E-state index is 0.0504. The zero-order valence-corrected chi connectivity index (χ0v) is 11.1. The van der Waals surface area contributed by atoms with Crippen molar-refractivity contribution in [1.29, 1.82) is 0 Å². The van der Waals surface area contributed by atoms with Crippen LogP contribution in [-0.2, 0) is 11.2 Å². The van der Waals surface area contributed by atoms with Crippen molar-refractivity contribution >= 4 is 11.7 Å². The van der Waals surface area contributed by atoms with Crippen molar-refractivity contribution in [3.05, 3.63) is 41.2 Å². The van der Waals surface area contributed by atoms with Crippen LogP contribution in [0.1, 0.15) is 23.6 Å². The lowest BCUT2D eigenvalue weighted by Crippen LogP contribution is -2.14. The summed E-state index contributed by atoms with van der Waals surface area (Å²) in [5.41, 5.74) is 1.65. The van der Waals surface area contributed by atoms with E-state index in [-0.39, 0.29) is 5.76 Å². The second kappa shape index (κ2) is 6.41. The summed E-state index contributed by atoms with van der Waals surface area (Å²) in [4.78, 5) is 3.32. The highest BCUT2D eigenvalue weighted by Crippen LogP contribution is 2.22. The van der Waals surface area contributed by atoms with Gasteiger partial charge in [0, 0.05) is 12.6 Å². The molecule has 0 heterocycles. The summed E-state index contributed by atoms with van der Waals surface area (Å²) in [6.45, 7) is 7.12. The molecule has 0 atom stereocenters. The zero-order valence-electron chi connectivity index (χ0n) is 11.1. The number of halogens is 3. The SMILES string of the molecule is C=C(OC(=NC)C(F)F)c1cc(C)c(CC)c(F)c1. The molecule has 0 amide bonds. The molecule has 0 fully saturated rings. The number of hydrogen-bond acceptors (Lipinski definition) is 2. The normalized spacial score (nSPS) is 11.8. The second-order valence-electron chi connectivity index (χ2n) is 3.99. The number of aliphatic imine (C=N–C) groups is 1. The highest BCUT2D eigenvalue weighted by Gasteiger charge is 2.17. The molecule has 0 aliphatic heterocycles. The van der Waals surface area contributed by atoms with Gasteiger partial charge in [0.25, 0.3) is 5.90 Å². The number of nitrogens with zero attached hydrogens (tertiary/aromatic N) is 1. The minimum atomic E-state index is -2.83. The molecule has 104 valence electrons. The topological polar surface area (TPSA) is 21.6 Å². The Morgan fingerprint density at radius 3 is 2.47 bits per heavy atom. The molecular formula is C14H16F3NO. The summed E-state index contributed by atoms with van der Waals surface area (Å²) in [7, 11) is 1.20. The van der Waals surface area contributed by atoms with Crippen molar-refractivity contribution in [2.45, 2.75) is 26.7 Å². The van der Waals surface area contributed by atoms with Crippen LogP contribution in [0.3, 0.4) is 0 Å². The van der Waals surface area contributed by atoms with E-state index < -0.39 is 18.1 Å². The van der Waals surface area contributed by atoms with Crippen LogP contribution in [-0.4, -0.2) is 19.4 Å². The van der Waals surface area contributed by atoms with Gasteiger partial charge in [0.15, 0.2) is 0 Å². The Morgan fingerprint density at radius 2 is 2.05 bits per heavy atom. The van der Waals surface area contributed by atoms with E-state index >= 15 is 0 Å². The van der Waals surface area contributed by atoms with Gasteiger partial charge in [0.05, 0.1) is 0 Å². The van der Waals surface area contributed by atoms with Gasteiger partial charge in [-0.1, -0.05) is 13.5 Å². The average Bonchev–Trinajstić information content (AvgIpc) is 2.34. The maximum absolute atomic E-state index is 13.8. The fourth-order valence-corrected chi connectivity index (χ4v) is 1.76. The van der Waals surface area contributed by atoms with Crippen LogP contribution >= 0.6 is 0 Å². The number of aryl methyl sites for hydroxylation is 1. The van der Waals surface area contributed by atoms with Crippen molar-refractivity contribution < 1.29 is 17.9 Å². The molecule has 0 saturated heterocycles. The smallest absolute Gasteiger partial charge is 0.312 e. The predicted octanol–water partition coefficient (Wildman–Crippen LogP) is 3.98. The molecule has 0 aliphatic rings. The van der Waals surface area contributed by atoms with E-state index in [2.05, 4.69) is 11.6 Å². The molecule has 1 rings (SSSR count). The molecule has 5 heteroatoms. The molecule has 2 nitrogen and oxygen atoms in total. The highest BCUT2D eigenvalue weighted by atomic mass is 19.3. The van der Waals surface area contributed by atoms with E-state index in [0.717, 1.165) is 5.56 Å². The summed E-state index contributed by atoms with van der Waals surface area (Å²) in [5, 5.41) is 0. The molecule has 1 aromatic rings. The molecule has 0 radical (unpaired) electrons. The van der Waals surface area contributed by atoms with E-state index in [1.165, 1.54) is 13.1 Å². The molecule has 1 aromatic carbocycles. The number of hydrogen-bond donors (Lipinski definition) is 0. The van der Waals surface area contributed by atoms with E-state index in [1.807, 2.05) is 6.92 Å². The summed E-state index contributed by atoms with van der Waals surface area (Å²) >= 11 is 0. The quantitative estimate of drug-likeness (QED) is 0.461. The van der Waals surface area contributed by atoms with E-state index in [9.17, 15) is 13.2 Å². The summed E-state index contributed by atoms with van der Waals surface area (Å²) in [6, 6.07) is 2.88. The Labute approximate surface area is 110 Å². The van der Waals surface area contributed by atoms with Crippen LogP contribution in [0, 0.1) is 12.7 Å². The molecule has 0 spiro atoms. The van der Waals surface area contributed by atoms with Crippen LogP contribution in [0.15, 0.2) is 23.7 Å². The first-order chi connectivity index (χ1) is 8.90. The lowest BCUT2D eigenvalue weighted by Gasteiger charge is -2.13. The lowest BCUT2D eigenvalue weighted by atomic mass is 10.0. The first kappa shape index (κ1) is 15.3. The van der Waals surface area contributed by atoms with E-state index in [1.54, 1.807) is 13.0 Å². The van der Waals surface area contributed by atoms with Crippen molar-refractivity contribution in [3.8, 4) is 0 Å². The first-order valence-corrected chi connectivity index (χ1v) is 5.81. The van der Waals surface area contributed by atoms with Crippen molar-refractivity contribution in [2.24, 2.45) is 4.99 Å². The van der Waals surface area contributed by atoms with Gasteiger partial charge >= 0.3 is 6.43 Å². The number of rotatable bonds is 4. The fraction of sp³-hybridized carbons (Fsp3) is 0.357. The number of benzene rings is 1. The van der Waals surface area contributed by atoms with Gasteiger partial charge in [-0.25, -0.2) is 4.39 Å². The van der Waals surface area contributed by atoms with Crippen LogP contribution in [0.2, 0.25) is 0 Å². The zero-order chi connectivity index (χ0) is 14.6. The van der Waals surface area contributed by atoms with Gasteiger partial charge < -0.3 is 4.74 Å². The monoisotopic (exact) mass is 271 g/mol. The average molecular weight is 271 g/mol. The third kappa shape index (κ3) is 3.59. The van der Waals surface area contributed by atoms with Crippen molar-refractivity contribution in [2.75, 3.05) is 7.05 Å². The standard InChI is InChI=1S/C14H16F3NO/c1-5-11-8(2)6-10(7-12(11)15)9(3)19-14(18-4)13(16)17/h6-7,13H,3,5H2,1-2,4H3. The van der Waals surface area contributed by atoms with Gasteiger partial charge in [-0.05, 0) is 36.6 Å². The maximum atomic E-state index is 13.8. The Hall–Kier alpha value is -1.78.